The van der Waals surface area contributed by atoms with Crippen molar-refractivity contribution < 1.29 is 4.79 Å². The molecule has 4 heteroatoms. The number of hydrogen-bond donors (Lipinski definition) is 3. The highest BCUT2D eigenvalue weighted by atomic mass is 16.2. The lowest BCUT2D eigenvalue weighted by Gasteiger charge is -2.25. The molecule has 0 aliphatic rings. The van der Waals surface area contributed by atoms with Crippen LogP contribution in [0.3, 0.4) is 0 Å². The number of rotatable bonds is 5. The Hall–Kier alpha value is -1.55. The maximum Gasteiger partial charge on any atom is 0.319 e. The molecule has 4 nitrogen and oxygen atoms in total. The van der Waals surface area contributed by atoms with Gasteiger partial charge in [0.15, 0.2) is 0 Å². The average molecular weight is 249 g/mol. The van der Waals surface area contributed by atoms with Crippen LogP contribution in [0.1, 0.15) is 39.2 Å². The van der Waals surface area contributed by atoms with Gasteiger partial charge in [0.2, 0.25) is 0 Å². The van der Waals surface area contributed by atoms with Crippen LogP contribution < -0.4 is 16.4 Å². The Labute approximate surface area is 109 Å². The van der Waals surface area contributed by atoms with Crippen LogP contribution in [0, 0.1) is 0 Å². The maximum absolute atomic E-state index is 11.8. The third-order valence-electron chi connectivity index (χ3n) is 2.75. The molecule has 0 saturated carbocycles. The molecule has 1 aromatic carbocycles. The van der Waals surface area contributed by atoms with Crippen molar-refractivity contribution in [2.75, 3.05) is 5.32 Å². The first kappa shape index (κ1) is 14.5. The van der Waals surface area contributed by atoms with Crippen molar-refractivity contribution in [1.82, 2.24) is 5.32 Å². The summed E-state index contributed by atoms with van der Waals surface area (Å²) < 4.78 is 0. The summed E-state index contributed by atoms with van der Waals surface area (Å²) in [4.78, 5) is 11.8. The van der Waals surface area contributed by atoms with Crippen LogP contribution in [-0.4, -0.2) is 11.6 Å². The SMILES string of the molecule is CCCC(C)(C)NC(=O)Nc1cccc(CN)c1. The number of nitrogens with two attached hydrogens (primary N) is 1. The Kier molecular flexibility index (Phi) is 5.16. The molecule has 0 atom stereocenters. The van der Waals surface area contributed by atoms with Crippen molar-refractivity contribution in [3.8, 4) is 0 Å². The standard InChI is InChI=1S/C14H23N3O/c1-4-8-14(2,3)17-13(18)16-12-7-5-6-11(9-12)10-15/h5-7,9H,4,8,10,15H2,1-3H3,(H2,16,17,18). The summed E-state index contributed by atoms with van der Waals surface area (Å²) in [5.41, 5.74) is 7.14. The number of hydrogen-bond acceptors (Lipinski definition) is 2. The molecule has 0 radical (unpaired) electrons. The first-order valence-corrected chi connectivity index (χ1v) is 6.35. The third kappa shape index (κ3) is 4.75. The Morgan fingerprint density at radius 2 is 2.11 bits per heavy atom. The van der Waals surface area contributed by atoms with Crippen LogP contribution in [0.15, 0.2) is 24.3 Å². The number of amides is 2. The van der Waals surface area contributed by atoms with E-state index in [0.717, 1.165) is 24.1 Å². The van der Waals surface area contributed by atoms with E-state index in [1.165, 1.54) is 0 Å². The normalized spacial score (nSPS) is 11.1. The summed E-state index contributed by atoms with van der Waals surface area (Å²) in [5, 5.41) is 5.79. The highest BCUT2D eigenvalue weighted by Crippen LogP contribution is 2.13. The maximum atomic E-state index is 11.8. The summed E-state index contributed by atoms with van der Waals surface area (Å²) in [6.45, 7) is 6.61. The fourth-order valence-electron chi connectivity index (χ4n) is 1.93. The van der Waals surface area contributed by atoms with Gasteiger partial charge in [0.25, 0.3) is 0 Å². The monoisotopic (exact) mass is 249 g/mol. The number of carbonyl (C=O) groups is 1. The second kappa shape index (κ2) is 6.40. The third-order valence-corrected chi connectivity index (χ3v) is 2.75. The second-order valence-corrected chi connectivity index (χ2v) is 5.12. The van der Waals surface area contributed by atoms with Crippen LogP contribution in [0.4, 0.5) is 10.5 Å². The molecule has 0 spiro atoms. The van der Waals surface area contributed by atoms with Gasteiger partial charge in [-0.15, -0.1) is 0 Å². The Morgan fingerprint density at radius 1 is 1.39 bits per heavy atom. The Bertz CT molecular complexity index is 402. The minimum Gasteiger partial charge on any atom is -0.333 e. The molecule has 0 fully saturated rings. The Morgan fingerprint density at radius 3 is 2.72 bits per heavy atom. The number of nitrogens with one attached hydrogen (secondary N) is 2. The highest BCUT2D eigenvalue weighted by molar-refractivity contribution is 5.89. The van der Waals surface area contributed by atoms with E-state index in [4.69, 9.17) is 5.73 Å². The lowest BCUT2D eigenvalue weighted by molar-refractivity contribution is 0.239. The molecule has 0 aromatic heterocycles. The molecule has 0 bridgehead atoms. The van der Waals surface area contributed by atoms with E-state index in [1.54, 1.807) is 0 Å². The lowest BCUT2D eigenvalue weighted by atomic mass is 9.99. The second-order valence-electron chi connectivity index (χ2n) is 5.12. The van der Waals surface area contributed by atoms with Gasteiger partial charge < -0.3 is 16.4 Å². The van der Waals surface area contributed by atoms with Crippen LogP contribution in [-0.2, 0) is 6.54 Å². The molecular formula is C14H23N3O. The zero-order chi connectivity index (χ0) is 13.6. The van der Waals surface area contributed by atoms with E-state index in [1.807, 2.05) is 38.1 Å². The Balaban J connectivity index is 2.59. The first-order chi connectivity index (χ1) is 8.46. The van der Waals surface area contributed by atoms with Gasteiger partial charge in [-0.25, -0.2) is 4.79 Å². The van der Waals surface area contributed by atoms with Gasteiger partial charge in [0.05, 0.1) is 0 Å². The molecule has 0 aliphatic heterocycles. The van der Waals surface area contributed by atoms with Gasteiger partial charge in [-0.2, -0.15) is 0 Å². The molecule has 0 unspecified atom stereocenters. The van der Waals surface area contributed by atoms with E-state index in [0.29, 0.717) is 6.54 Å². The van der Waals surface area contributed by atoms with Gasteiger partial charge in [-0.3, -0.25) is 0 Å². The molecule has 100 valence electrons. The summed E-state index contributed by atoms with van der Waals surface area (Å²) in [7, 11) is 0. The van der Waals surface area contributed by atoms with Crippen molar-refractivity contribution in [3.05, 3.63) is 29.8 Å². The fourth-order valence-corrected chi connectivity index (χ4v) is 1.93. The number of anilines is 1. The summed E-state index contributed by atoms with van der Waals surface area (Å²) in [6, 6.07) is 7.37. The van der Waals surface area contributed by atoms with Gasteiger partial charge in [-0.05, 0) is 38.0 Å². The predicted octanol–water partition coefficient (Wildman–Crippen LogP) is 2.85. The molecule has 0 saturated heterocycles. The van der Waals surface area contributed by atoms with Crippen LogP contribution in [0.5, 0.6) is 0 Å². The largest absolute Gasteiger partial charge is 0.333 e. The van der Waals surface area contributed by atoms with Gasteiger partial charge in [0.1, 0.15) is 0 Å². The lowest BCUT2D eigenvalue weighted by Crippen LogP contribution is -2.45. The van der Waals surface area contributed by atoms with E-state index >= 15 is 0 Å². The fraction of sp³-hybridized carbons (Fsp3) is 0.500. The minimum absolute atomic E-state index is 0.178. The molecule has 0 heterocycles. The summed E-state index contributed by atoms with van der Waals surface area (Å²) in [6.07, 6.45) is 1.99. The average Bonchev–Trinajstić information content (AvgIpc) is 2.28. The van der Waals surface area contributed by atoms with Crippen molar-refractivity contribution in [2.24, 2.45) is 5.73 Å². The molecule has 18 heavy (non-hydrogen) atoms. The van der Waals surface area contributed by atoms with E-state index in [9.17, 15) is 4.79 Å². The van der Waals surface area contributed by atoms with E-state index in [-0.39, 0.29) is 11.6 Å². The number of carbonyl (C=O) groups excluding carboxylic acids is 1. The van der Waals surface area contributed by atoms with Gasteiger partial charge in [0, 0.05) is 17.8 Å². The predicted molar refractivity (Wildman–Crippen MR) is 75.5 cm³/mol. The molecule has 1 rings (SSSR count). The summed E-state index contributed by atoms with van der Waals surface area (Å²) >= 11 is 0. The topological polar surface area (TPSA) is 67.2 Å². The first-order valence-electron chi connectivity index (χ1n) is 6.35. The smallest absolute Gasteiger partial charge is 0.319 e. The van der Waals surface area contributed by atoms with Crippen molar-refractivity contribution in [1.29, 1.82) is 0 Å². The zero-order valence-corrected chi connectivity index (χ0v) is 11.4. The van der Waals surface area contributed by atoms with E-state index in [2.05, 4.69) is 17.6 Å². The highest BCUT2D eigenvalue weighted by Gasteiger charge is 2.18. The van der Waals surface area contributed by atoms with Crippen molar-refractivity contribution in [2.45, 2.75) is 45.7 Å². The van der Waals surface area contributed by atoms with Gasteiger partial charge in [-0.1, -0.05) is 25.5 Å². The quantitative estimate of drug-likeness (QED) is 0.751. The van der Waals surface area contributed by atoms with Gasteiger partial charge >= 0.3 is 6.03 Å². The van der Waals surface area contributed by atoms with Crippen molar-refractivity contribution >= 4 is 11.7 Å². The zero-order valence-electron chi connectivity index (χ0n) is 11.4. The number of urea groups is 1. The molecular weight excluding hydrogens is 226 g/mol. The van der Waals surface area contributed by atoms with Crippen LogP contribution in [0.2, 0.25) is 0 Å². The molecule has 4 N–H and O–H groups in total. The summed E-state index contributed by atoms with van der Waals surface area (Å²) in [5.74, 6) is 0. The van der Waals surface area contributed by atoms with E-state index < -0.39 is 0 Å². The van der Waals surface area contributed by atoms with Crippen molar-refractivity contribution in [3.63, 3.8) is 0 Å². The molecule has 0 aliphatic carbocycles. The molecule has 1 aromatic rings. The number of benzene rings is 1. The molecule has 2 amide bonds. The van der Waals surface area contributed by atoms with Crippen LogP contribution >= 0.6 is 0 Å². The minimum atomic E-state index is -0.190. The van der Waals surface area contributed by atoms with Crippen LogP contribution in [0.25, 0.3) is 0 Å².